The third-order valence-electron chi connectivity index (χ3n) is 5.03. The maximum Gasteiger partial charge on any atom is 0.248 e. The molecular formula is C20H27N7O2. The standard InChI is InChI=1S/C20H27N7O2/c1-23-11-16(9-21)20-17(10-22)24-12-18(25-20)26-5-2-8-29-14-19(28)27(7-6-26)13-15-3-4-15/h9,11-12,15,21,23H,2-8,13-14H2,1H3/b16-11+,21-9?. The molecule has 2 N–H and O–H groups in total. The summed E-state index contributed by atoms with van der Waals surface area (Å²) in [7, 11) is 1.73. The van der Waals surface area contributed by atoms with Gasteiger partial charge in [0, 0.05) is 57.8 Å². The number of amides is 1. The zero-order valence-electron chi connectivity index (χ0n) is 16.7. The minimum absolute atomic E-state index is 0.0356. The second-order valence-corrected chi connectivity index (χ2v) is 7.25. The van der Waals surface area contributed by atoms with Crippen molar-refractivity contribution in [3.63, 3.8) is 0 Å². The van der Waals surface area contributed by atoms with Gasteiger partial charge in [-0.25, -0.2) is 9.97 Å². The van der Waals surface area contributed by atoms with E-state index in [0.717, 1.165) is 19.2 Å². The summed E-state index contributed by atoms with van der Waals surface area (Å²) >= 11 is 0. The number of ether oxygens (including phenoxy) is 1. The number of allylic oxidation sites excluding steroid dienone is 1. The fourth-order valence-corrected chi connectivity index (χ4v) is 3.27. The summed E-state index contributed by atoms with van der Waals surface area (Å²) in [5, 5.41) is 19.9. The molecule has 0 spiro atoms. The molecule has 0 unspecified atom stereocenters. The number of hydrogen-bond donors (Lipinski definition) is 2. The SMILES string of the molecule is CN/C=C(\C=N)c1nc(N2CCCOCC(=O)N(CC3CC3)CC2)cnc1C#N. The van der Waals surface area contributed by atoms with Crippen LogP contribution in [0.15, 0.2) is 12.4 Å². The number of nitrogens with zero attached hydrogens (tertiary/aromatic N) is 5. The van der Waals surface area contributed by atoms with E-state index in [0.29, 0.717) is 49.2 Å². The largest absolute Gasteiger partial charge is 0.393 e. The molecule has 0 radical (unpaired) electrons. The Morgan fingerprint density at radius 3 is 2.97 bits per heavy atom. The number of aromatic nitrogens is 2. The highest BCUT2D eigenvalue weighted by molar-refractivity contribution is 6.08. The summed E-state index contributed by atoms with van der Waals surface area (Å²) < 4.78 is 5.54. The molecule has 154 valence electrons. The topological polar surface area (TPSA) is 118 Å². The van der Waals surface area contributed by atoms with Crippen LogP contribution in [0.25, 0.3) is 5.57 Å². The van der Waals surface area contributed by atoms with Gasteiger partial charge in [0.15, 0.2) is 5.69 Å². The fourth-order valence-electron chi connectivity index (χ4n) is 3.27. The first-order valence-corrected chi connectivity index (χ1v) is 9.92. The van der Waals surface area contributed by atoms with Gasteiger partial charge in [-0.3, -0.25) is 4.79 Å². The quantitative estimate of drug-likeness (QED) is 0.688. The monoisotopic (exact) mass is 397 g/mol. The van der Waals surface area contributed by atoms with Crippen LogP contribution in [0.4, 0.5) is 5.82 Å². The first-order chi connectivity index (χ1) is 14.2. The lowest BCUT2D eigenvalue weighted by molar-refractivity contribution is -0.136. The molecule has 1 aliphatic carbocycles. The van der Waals surface area contributed by atoms with Gasteiger partial charge in [0.2, 0.25) is 5.91 Å². The van der Waals surface area contributed by atoms with Crippen molar-refractivity contribution in [2.45, 2.75) is 19.3 Å². The van der Waals surface area contributed by atoms with E-state index in [9.17, 15) is 10.1 Å². The molecule has 0 aromatic carbocycles. The molecule has 1 amide bonds. The minimum Gasteiger partial charge on any atom is -0.393 e. The minimum atomic E-state index is 0.0356. The van der Waals surface area contributed by atoms with Crippen LogP contribution >= 0.6 is 0 Å². The molecule has 9 heteroatoms. The van der Waals surface area contributed by atoms with Gasteiger partial charge in [-0.1, -0.05) is 0 Å². The molecule has 0 bridgehead atoms. The lowest BCUT2D eigenvalue weighted by Crippen LogP contribution is -2.43. The summed E-state index contributed by atoms with van der Waals surface area (Å²) in [6, 6.07) is 2.04. The van der Waals surface area contributed by atoms with Crippen molar-refractivity contribution in [1.29, 1.82) is 10.7 Å². The van der Waals surface area contributed by atoms with E-state index < -0.39 is 0 Å². The zero-order valence-corrected chi connectivity index (χ0v) is 16.7. The normalized spacial score (nSPS) is 18.9. The molecular weight excluding hydrogens is 370 g/mol. The molecule has 2 aliphatic rings. The van der Waals surface area contributed by atoms with Crippen LogP contribution in [0, 0.1) is 22.7 Å². The van der Waals surface area contributed by atoms with Crippen LogP contribution in [-0.2, 0) is 9.53 Å². The van der Waals surface area contributed by atoms with Gasteiger partial charge in [-0.15, -0.1) is 0 Å². The maximum atomic E-state index is 12.5. The number of hydrogen-bond acceptors (Lipinski definition) is 8. The zero-order chi connectivity index (χ0) is 20.6. The maximum absolute atomic E-state index is 12.5. The number of carbonyl (C=O) groups is 1. The Morgan fingerprint density at radius 2 is 2.28 bits per heavy atom. The van der Waals surface area contributed by atoms with E-state index >= 15 is 0 Å². The molecule has 1 saturated carbocycles. The second kappa shape index (κ2) is 9.98. The van der Waals surface area contributed by atoms with Gasteiger partial charge in [0.05, 0.1) is 6.20 Å². The summed E-state index contributed by atoms with van der Waals surface area (Å²) in [5.41, 5.74) is 1.02. The molecule has 1 saturated heterocycles. The first-order valence-electron chi connectivity index (χ1n) is 9.92. The number of nitrogens with one attached hydrogen (secondary N) is 2. The van der Waals surface area contributed by atoms with Crippen molar-refractivity contribution < 1.29 is 9.53 Å². The third-order valence-corrected chi connectivity index (χ3v) is 5.03. The smallest absolute Gasteiger partial charge is 0.248 e. The van der Waals surface area contributed by atoms with Gasteiger partial charge in [0.25, 0.3) is 0 Å². The van der Waals surface area contributed by atoms with E-state index in [1.165, 1.54) is 12.8 Å². The summed E-state index contributed by atoms with van der Waals surface area (Å²) in [6.07, 6.45) is 7.48. The molecule has 2 heterocycles. The van der Waals surface area contributed by atoms with Crippen molar-refractivity contribution in [3.05, 3.63) is 23.8 Å². The van der Waals surface area contributed by atoms with Crippen molar-refractivity contribution in [3.8, 4) is 6.07 Å². The van der Waals surface area contributed by atoms with Gasteiger partial charge in [-0.2, -0.15) is 5.26 Å². The predicted octanol–water partition coefficient (Wildman–Crippen LogP) is 1.02. The Bertz CT molecular complexity index is 814. The average Bonchev–Trinajstić information content (AvgIpc) is 3.56. The van der Waals surface area contributed by atoms with E-state index in [1.807, 2.05) is 11.0 Å². The summed E-state index contributed by atoms with van der Waals surface area (Å²) in [4.78, 5) is 25.3. The van der Waals surface area contributed by atoms with Crippen molar-refractivity contribution in [1.82, 2.24) is 20.2 Å². The Balaban J connectivity index is 1.84. The summed E-state index contributed by atoms with van der Waals surface area (Å²) in [5.74, 6) is 1.27. The molecule has 9 nitrogen and oxygen atoms in total. The van der Waals surface area contributed by atoms with Gasteiger partial charge < -0.3 is 25.3 Å². The average molecular weight is 397 g/mol. The Hall–Kier alpha value is -2.99. The molecule has 2 fully saturated rings. The lowest BCUT2D eigenvalue weighted by Gasteiger charge is -2.30. The molecule has 1 aromatic heterocycles. The van der Waals surface area contributed by atoms with Crippen LogP contribution in [0.3, 0.4) is 0 Å². The van der Waals surface area contributed by atoms with Gasteiger partial charge >= 0.3 is 0 Å². The van der Waals surface area contributed by atoms with Gasteiger partial charge in [-0.05, 0) is 25.2 Å². The number of anilines is 1. The number of nitriles is 1. The van der Waals surface area contributed by atoms with Crippen molar-refractivity contribution in [2.75, 3.05) is 51.3 Å². The van der Waals surface area contributed by atoms with Crippen LogP contribution in [0.2, 0.25) is 0 Å². The van der Waals surface area contributed by atoms with E-state index in [1.54, 1.807) is 19.4 Å². The Kier molecular flexibility index (Phi) is 7.14. The lowest BCUT2D eigenvalue weighted by atomic mass is 10.1. The van der Waals surface area contributed by atoms with Crippen molar-refractivity contribution in [2.24, 2.45) is 5.92 Å². The highest BCUT2D eigenvalue weighted by Gasteiger charge is 2.27. The van der Waals surface area contributed by atoms with Crippen molar-refractivity contribution >= 4 is 23.5 Å². The molecule has 29 heavy (non-hydrogen) atoms. The summed E-state index contributed by atoms with van der Waals surface area (Å²) in [6.45, 7) is 3.37. The Labute approximate surface area is 170 Å². The van der Waals surface area contributed by atoms with Crippen LogP contribution in [0.5, 0.6) is 0 Å². The highest BCUT2D eigenvalue weighted by atomic mass is 16.5. The Morgan fingerprint density at radius 1 is 1.45 bits per heavy atom. The van der Waals surface area contributed by atoms with E-state index in [4.69, 9.17) is 10.1 Å². The molecule has 1 aliphatic heterocycles. The van der Waals surface area contributed by atoms with E-state index in [-0.39, 0.29) is 18.2 Å². The third kappa shape index (κ3) is 5.51. The van der Waals surface area contributed by atoms with Crippen LogP contribution in [0.1, 0.15) is 30.7 Å². The highest BCUT2D eigenvalue weighted by Crippen LogP contribution is 2.30. The second-order valence-electron chi connectivity index (χ2n) is 7.25. The van der Waals surface area contributed by atoms with Crippen LogP contribution in [-0.4, -0.2) is 73.4 Å². The first kappa shape index (κ1) is 20.7. The van der Waals surface area contributed by atoms with E-state index in [2.05, 4.69) is 20.2 Å². The fraction of sp³-hybridized carbons (Fsp3) is 0.550. The molecule has 3 rings (SSSR count). The number of rotatable bonds is 6. The van der Waals surface area contributed by atoms with Crippen LogP contribution < -0.4 is 10.2 Å². The molecule has 0 atom stereocenters. The number of carbonyl (C=O) groups excluding carboxylic acids is 1. The van der Waals surface area contributed by atoms with Gasteiger partial charge in [0.1, 0.15) is 24.2 Å². The predicted molar refractivity (Wildman–Crippen MR) is 110 cm³/mol. The molecule has 1 aromatic rings.